The molecule has 1 saturated heterocycles. The normalized spacial score (nSPS) is 18.1. The summed E-state index contributed by atoms with van der Waals surface area (Å²) in [4.78, 5) is 13.8. The van der Waals surface area contributed by atoms with Crippen molar-refractivity contribution < 1.29 is 14.6 Å². The molecule has 0 saturated carbocycles. The highest BCUT2D eigenvalue weighted by Crippen LogP contribution is 2.23. The van der Waals surface area contributed by atoms with Gasteiger partial charge in [0.1, 0.15) is 0 Å². The monoisotopic (exact) mass is 319 g/mol. The van der Waals surface area contributed by atoms with Crippen LogP contribution in [0, 0.1) is 5.92 Å². The van der Waals surface area contributed by atoms with Crippen molar-refractivity contribution in [2.45, 2.75) is 45.1 Å². The first-order valence-corrected chi connectivity index (χ1v) is 8.59. The summed E-state index contributed by atoms with van der Waals surface area (Å²) in [6.07, 6.45) is 2.01. The lowest BCUT2D eigenvalue weighted by atomic mass is 9.96. The summed E-state index contributed by atoms with van der Waals surface area (Å²) in [6.45, 7) is 7.01. The predicted molar refractivity (Wildman–Crippen MR) is 91.3 cm³/mol. The van der Waals surface area contributed by atoms with Crippen molar-refractivity contribution in [1.82, 2.24) is 4.90 Å². The Bertz CT molecular complexity index is 490. The maximum atomic E-state index is 11.5. The number of carbonyl (C=O) groups excluding carboxylic acids is 1. The number of carbonyl (C=O) groups is 1. The molecule has 1 N–H and O–H groups in total. The van der Waals surface area contributed by atoms with E-state index < -0.39 is 6.10 Å². The predicted octanol–water partition coefficient (Wildman–Crippen LogP) is 3.12. The number of likely N-dealkylation sites (tertiary alicyclic amines) is 1. The Balaban J connectivity index is 1.76. The molecule has 0 bridgehead atoms. The second kappa shape index (κ2) is 8.46. The molecule has 2 rings (SSSR count). The number of aliphatic hydroxyl groups is 1. The van der Waals surface area contributed by atoms with E-state index in [1.807, 2.05) is 12.1 Å². The largest absolute Gasteiger partial charge is 0.469 e. The van der Waals surface area contributed by atoms with Gasteiger partial charge in [0.15, 0.2) is 0 Å². The number of methoxy groups -OCH3 is 1. The SMILES string of the molecule is COC(=O)C1CCN(CCC(O)c2ccc(C(C)C)cc2)CC1. The summed E-state index contributed by atoms with van der Waals surface area (Å²) in [5.41, 5.74) is 2.28. The molecule has 1 fully saturated rings. The maximum absolute atomic E-state index is 11.5. The highest BCUT2D eigenvalue weighted by molar-refractivity contribution is 5.72. The zero-order chi connectivity index (χ0) is 16.8. The van der Waals surface area contributed by atoms with E-state index in [0.29, 0.717) is 5.92 Å². The van der Waals surface area contributed by atoms with Crippen LogP contribution in [0.25, 0.3) is 0 Å². The van der Waals surface area contributed by atoms with E-state index in [1.165, 1.54) is 12.7 Å². The zero-order valence-electron chi connectivity index (χ0n) is 14.5. The Morgan fingerprint density at radius 2 is 1.78 bits per heavy atom. The van der Waals surface area contributed by atoms with Crippen molar-refractivity contribution in [1.29, 1.82) is 0 Å². The zero-order valence-corrected chi connectivity index (χ0v) is 14.5. The molecule has 0 spiro atoms. The Kier molecular flexibility index (Phi) is 6.60. The van der Waals surface area contributed by atoms with Gasteiger partial charge in [0.25, 0.3) is 0 Å². The van der Waals surface area contributed by atoms with Crippen molar-refractivity contribution >= 4 is 5.97 Å². The van der Waals surface area contributed by atoms with Gasteiger partial charge in [-0.15, -0.1) is 0 Å². The molecule has 128 valence electrons. The summed E-state index contributed by atoms with van der Waals surface area (Å²) in [7, 11) is 1.45. The average Bonchev–Trinajstić information content (AvgIpc) is 2.59. The Morgan fingerprint density at radius 3 is 2.30 bits per heavy atom. The van der Waals surface area contributed by atoms with Gasteiger partial charge in [-0.3, -0.25) is 4.79 Å². The second-order valence-electron chi connectivity index (χ2n) is 6.76. The van der Waals surface area contributed by atoms with Gasteiger partial charge in [0.2, 0.25) is 0 Å². The molecule has 4 heteroatoms. The Morgan fingerprint density at radius 1 is 1.22 bits per heavy atom. The minimum absolute atomic E-state index is 0.0461. The Labute approximate surface area is 139 Å². The molecule has 1 aliphatic rings. The summed E-state index contributed by atoms with van der Waals surface area (Å²) in [5, 5.41) is 10.4. The first-order chi connectivity index (χ1) is 11.0. The standard InChI is InChI=1S/C19H29NO3/c1-14(2)15-4-6-16(7-5-15)18(21)10-13-20-11-8-17(9-12-20)19(22)23-3/h4-7,14,17-18,21H,8-13H2,1-3H3. The first-order valence-electron chi connectivity index (χ1n) is 8.59. The fraction of sp³-hybridized carbons (Fsp3) is 0.632. The van der Waals surface area contributed by atoms with Gasteiger partial charge in [-0.05, 0) is 49.4 Å². The van der Waals surface area contributed by atoms with Crippen molar-refractivity contribution in [3.8, 4) is 0 Å². The topological polar surface area (TPSA) is 49.8 Å². The van der Waals surface area contributed by atoms with Gasteiger partial charge in [-0.1, -0.05) is 38.1 Å². The molecule has 1 aliphatic heterocycles. The molecule has 1 atom stereocenters. The third-order valence-electron chi connectivity index (χ3n) is 4.83. The van der Waals surface area contributed by atoms with Gasteiger partial charge in [-0.2, -0.15) is 0 Å². The number of ether oxygens (including phenoxy) is 1. The quantitative estimate of drug-likeness (QED) is 0.819. The van der Waals surface area contributed by atoms with Crippen LogP contribution in [-0.2, 0) is 9.53 Å². The van der Waals surface area contributed by atoms with E-state index in [0.717, 1.165) is 44.5 Å². The minimum atomic E-state index is -0.422. The lowest BCUT2D eigenvalue weighted by Crippen LogP contribution is -2.37. The van der Waals surface area contributed by atoms with E-state index in [1.54, 1.807) is 0 Å². The average molecular weight is 319 g/mol. The number of piperidine rings is 1. The van der Waals surface area contributed by atoms with Gasteiger partial charge in [-0.25, -0.2) is 0 Å². The van der Waals surface area contributed by atoms with Crippen LogP contribution in [0.5, 0.6) is 0 Å². The molecule has 1 unspecified atom stereocenters. The van der Waals surface area contributed by atoms with Crippen LogP contribution in [0.15, 0.2) is 24.3 Å². The van der Waals surface area contributed by atoms with Crippen LogP contribution in [-0.4, -0.2) is 42.7 Å². The molecule has 1 aromatic carbocycles. The van der Waals surface area contributed by atoms with Crippen molar-refractivity contribution in [2.75, 3.05) is 26.7 Å². The number of aliphatic hydroxyl groups excluding tert-OH is 1. The molecular weight excluding hydrogens is 290 g/mol. The smallest absolute Gasteiger partial charge is 0.308 e. The number of rotatable bonds is 6. The lowest BCUT2D eigenvalue weighted by Gasteiger charge is -2.31. The number of benzene rings is 1. The molecule has 1 aromatic rings. The number of esters is 1. The number of hydrogen-bond acceptors (Lipinski definition) is 4. The summed E-state index contributed by atoms with van der Waals surface area (Å²) < 4.78 is 4.81. The van der Waals surface area contributed by atoms with E-state index >= 15 is 0 Å². The number of hydrogen-bond donors (Lipinski definition) is 1. The summed E-state index contributed by atoms with van der Waals surface area (Å²) in [5.74, 6) is 0.469. The van der Waals surface area contributed by atoms with Gasteiger partial charge in [0, 0.05) is 6.54 Å². The fourth-order valence-electron chi connectivity index (χ4n) is 3.13. The van der Waals surface area contributed by atoms with Crippen LogP contribution >= 0.6 is 0 Å². The van der Waals surface area contributed by atoms with E-state index in [-0.39, 0.29) is 11.9 Å². The van der Waals surface area contributed by atoms with Crippen LogP contribution < -0.4 is 0 Å². The third kappa shape index (κ3) is 5.05. The molecular formula is C19H29NO3. The van der Waals surface area contributed by atoms with Crippen LogP contribution in [0.2, 0.25) is 0 Å². The van der Waals surface area contributed by atoms with Gasteiger partial charge < -0.3 is 14.7 Å². The Hall–Kier alpha value is -1.39. The molecule has 0 aliphatic carbocycles. The molecule has 4 nitrogen and oxygen atoms in total. The molecule has 1 heterocycles. The molecule has 0 amide bonds. The first kappa shape index (κ1) is 18.0. The summed E-state index contributed by atoms with van der Waals surface area (Å²) >= 11 is 0. The highest BCUT2D eigenvalue weighted by Gasteiger charge is 2.25. The molecule has 0 aromatic heterocycles. The van der Waals surface area contributed by atoms with Crippen molar-refractivity contribution in [3.63, 3.8) is 0 Å². The number of nitrogens with zero attached hydrogens (tertiary/aromatic N) is 1. The van der Waals surface area contributed by atoms with E-state index in [9.17, 15) is 9.90 Å². The van der Waals surface area contributed by atoms with Crippen molar-refractivity contribution in [3.05, 3.63) is 35.4 Å². The minimum Gasteiger partial charge on any atom is -0.469 e. The maximum Gasteiger partial charge on any atom is 0.308 e. The lowest BCUT2D eigenvalue weighted by molar-refractivity contribution is -0.147. The van der Waals surface area contributed by atoms with Gasteiger partial charge >= 0.3 is 5.97 Å². The summed E-state index contributed by atoms with van der Waals surface area (Å²) in [6, 6.07) is 8.27. The van der Waals surface area contributed by atoms with Crippen LogP contribution in [0.4, 0.5) is 0 Å². The van der Waals surface area contributed by atoms with Crippen LogP contribution in [0.3, 0.4) is 0 Å². The highest BCUT2D eigenvalue weighted by atomic mass is 16.5. The fourth-order valence-corrected chi connectivity index (χ4v) is 3.13. The van der Waals surface area contributed by atoms with Crippen LogP contribution in [0.1, 0.15) is 56.3 Å². The van der Waals surface area contributed by atoms with E-state index in [4.69, 9.17) is 4.74 Å². The third-order valence-corrected chi connectivity index (χ3v) is 4.83. The molecule has 0 radical (unpaired) electrons. The van der Waals surface area contributed by atoms with E-state index in [2.05, 4.69) is 30.9 Å². The second-order valence-corrected chi connectivity index (χ2v) is 6.76. The van der Waals surface area contributed by atoms with Crippen molar-refractivity contribution in [2.24, 2.45) is 5.92 Å². The van der Waals surface area contributed by atoms with Gasteiger partial charge in [0.05, 0.1) is 19.1 Å². The molecule has 23 heavy (non-hydrogen) atoms.